The Morgan fingerprint density at radius 1 is 1.39 bits per heavy atom. The molecule has 122 valence electrons. The lowest BCUT2D eigenvalue weighted by Crippen LogP contribution is -2.33. The van der Waals surface area contributed by atoms with Crippen LogP contribution in [0, 0.1) is 0 Å². The molecule has 0 radical (unpaired) electrons. The van der Waals surface area contributed by atoms with Crippen molar-refractivity contribution in [3.63, 3.8) is 0 Å². The van der Waals surface area contributed by atoms with E-state index in [4.69, 9.17) is 9.84 Å². The SMILES string of the molecule is COc1ccc(N=C2NC(=O)C(CC(=O)NCC(=O)O)S2)cc1. The van der Waals surface area contributed by atoms with E-state index in [-0.39, 0.29) is 12.3 Å². The first-order valence-corrected chi connectivity index (χ1v) is 7.54. The summed E-state index contributed by atoms with van der Waals surface area (Å²) in [7, 11) is 1.56. The van der Waals surface area contributed by atoms with E-state index in [1.54, 1.807) is 31.4 Å². The van der Waals surface area contributed by atoms with Crippen LogP contribution in [0.1, 0.15) is 6.42 Å². The molecule has 1 aromatic carbocycles. The number of nitrogens with zero attached hydrogens (tertiary/aromatic N) is 1. The molecule has 0 aliphatic carbocycles. The molecular weight excluding hydrogens is 322 g/mol. The Bertz CT molecular complexity index is 644. The topological polar surface area (TPSA) is 117 Å². The molecule has 1 saturated heterocycles. The molecule has 0 saturated carbocycles. The lowest BCUT2D eigenvalue weighted by Gasteiger charge is -2.04. The van der Waals surface area contributed by atoms with E-state index in [2.05, 4.69) is 15.6 Å². The second-order valence-electron chi connectivity index (χ2n) is 4.59. The Balaban J connectivity index is 1.94. The van der Waals surface area contributed by atoms with Crippen LogP contribution >= 0.6 is 11.8 Å². The van der Waals surface area contributed by atoms with Gasteiger partial charge in [0.25, 0.3) is 0 Å². The summed E-state index contributed by atoms with van der Waals surface area (Å²) in [6, 6.07) is 6.98. The molecule has 8 nitrogen and oxygen atoms in total. The summed E-state index contributed by atoms with van der Waals surface area (Å²) in [5.74, 6) is -1.26. The summed E-state index contributed by atoms with van der Waals surface area (Å²) >= 11 is 1.14. The largest absolute Gasteiger partial charge is 0.497 e. The molecule has 1 aliphatic heterocycles. The number of thioether (sulfide) groups is 1. The van der Waals surface area contributed by atoms with E-state index < -0.39 is 23.7 Å². The van der Waals surface area contributed by atoms with Gasteiger partial charge < -0.3 is 20.5 Å². The number of ether oxygens (including phenoxy) is 1. The Morgan fingerprint density at radius 3 is 2.70 bits per heavy atom. The van der Waals surface area contributed by atoms with E-state index >= 15 is 0 Å². The maximum atomic E-state index is 11.8. The fourth-order valence-electron chi connectivity index (χ4n) is 1.78. The molecule has 0 aromatic heterocycles. The molecule has 1 aromatic rings. The molecule has 1 heterocycles. The Labute approximate surface area is 136 Å². The molecule has 2 rings (SSSR count). The number of aliphatic carboxylic acids is 1. The van der Waals surface area contributed by atoms with Crippen LogP contribution in [0.3, 0.4) is 0 Å². The zero-order valence-corrected chi connectivity index (χ0v) is 13.1. The maximum absolute atomic E-state index is 11.8. The van der Waals surface area contributed by atoms with E-state index in [0.717, 1.165) is 11.8 Å². The molecule has 0 spiro atoms. The van der Waals surface area contributed by atoms with Gasteiger partial charge in [0.05, 0.1) is 12.8 Å². The van der Waals surface area contributed by atoms with E-state index in [0.29, 0.717) is 16.6 Å². The number of carboxylic acid groups (broad SMARTS) is 1. The van der Waals surface area contributed by atoms with Gasteiger partial charge in [-0.1, -0.05) is 11.8 Å². The number of carbonyl (C=O) groups excluding carboxylic acids is 2. The van der Waals surface area contributed by atoms with Crippen molar-refractivity contribution in [1.82, 2.24) is 10.6 Å². The molecule has 1 unspecified atom stereocenters. The first-order chi connectivity index (χ1) is 11.0. The van der Waals surface area contributed by atoms with Gasteiger partial charge >= 0.3 is 5.97 Å². The van der Waals surface area contributed by atoms with E-state index in [1.807, 2.05) is 0 Å². The highest BCUT2D eigenvalue weighted by molar-refractivity contribution is 8.15. The van der Waals surface area contributed by atoms with Crippen LogP contribution in [0.2, 0.25) is 0 Å². The van der Waals surface area contributed by atoms with Gasteiger partial charge in [-0.05, 0) is 24.3 Å². The standard InChI is InChI=1S/C14H15N3O5S/c1-22-9-4-2-8(3-5-9)16-14-17-13(21)10(23-14)6-11(18)15-7-12(19)20/h2-5,10H,6-7H2,1H3,(H,15,18)(H,19,20)(H,16,17,21). The summed E-state index contributed by atoms with van der Waals surface area (Å²) in [5, 5.41) is 13.1. The average Bonchev–Trinajstić information content (AvgIpc) is 2.85. The normalized spacial score (nSPS) is 18.6. The highest BCUT2D eigenvalue weighted by atomic mass is 32.2. The quantitative estimate of drug-likeness (QED) is 0.696. The van der Waals surface area contributed by atoms with Gasteiger partial charge in [-0.15, -0.1) is 0 Å². The van der Waals surface area contributed by atoms with Crippen LogP contribution in [0.5, 0.6) is 5.75 Å². The van der Waals surface area contributed by atoms with Gasteiger partial charge in [0.1, 0.15) is 17.5 Å². The van der Waals surface area contributed by atoms with Crippen molar-refractivity contribution in [1.29, 1.82) is 0 Å². The van der Waals surface area contributed by atoms with Crippen LogP contribution in [-0.4, -0.2) is 47.0 Å². The highest BCUT2D eigenvalue weighted by Gasteiger charge is 2.32. The van der Waals surface area contributed by atoms with Gasteiger partial charge in [-0.3, -0.25) is 14.4 Å². The molecule has 23 heavy (non-hydrogen) atoms. The average molecular weight is 337 g/mol. The highest BCUT2D eigenvalue weighted by Crippen LogP contribution is 2.26. The van der Waals surface area contributed by atoms with Crippen LogP contribution in [0.25, 0.3) is 0 Å². The first kappa shape index (κ1) is 16.8. The number of nitrogens with one attached hydrogen (secondary N) is 2. The smallest absolute Gasteiger partial charge is 0.322 e. The fraction of sp³-hybridized carbons (Fsp3) is 0.286. The molecular formula is C14H15N3O5S. The summed E-state index contributed by atoms with van der Waals surface area (Å²) in [6.45, 7) is -0.468. The third-order valence-electron chi connectivity index (χ3n) is 2.89. The van der Waals surface area contributed by atoms with Crippen molar-refractivity contribution < 1.29 is 24.2 Å². The van der Waals surface area contributed by atoms with Gasteiger partial charge in [-0.2, -0.15) is 0 Å². The van der Waals surface area contributed by atoms with Crippen molar-refractivity contribution >= 4 is 40.4 Å². The minimum absolute atomic E-state index is 0.106. The van der Waals surface area contributed by atoms with Crippen molar-refractivity contribution in [3.05, 3.63) is 24.3 Å². The lowest BCUT2D eigenvalue weighted by atomic mass is 10.2. The Kier molecular flexibility index (Phi) is 5.58. The van der Waals surface area contributed by atoms with Crippen molar-refractivity contribution in [2.45, 2.75) is 11.7 Å². The second-order valence-corrected chi connectivity index (χ2v) is 5.78. The number of carbonyl (C=O) groups is 3. The van der Waals surface area contributed by atoms with Gasteiger partial charge in [-0.25, -0.2) is 4.99 Å². The molecule has 1 aliphatic rings. The predicted octanol–water partition coefficient (Wildman–Crippen LogP) is 0.505. The number of methoxy groups -OCH3 is 1. The fourth-order valence-corrected chi connectivity index (χ4v) is 2.77. The predicted molar refractivity (Wildman–Crippen MR) is 84.9 cm³/mol. The third-order valence-corrected chi connectivity index (χ3v) is 3.97. The van der Waals surface area contributed by atoms with Crippen molar-refractivity contribution in [2.75, 3.05) is 13.7 Å². The van der Waals surface area contributed by atoms with Gasteiger partial charge in [0.2, 0.25) is 11.8 Å². The number of benzene rings is 1. The number of carboxylic acids is 1. The Hall–Kier alpha value is -2.55. The first-order valence-electron chi connectivity index (χ1n) is 6.66. The summed E-state index contributed by atoms with van der Waals surface area (Å²) in [6.07, 6.45) is -0.106. The van der Waals surface area contributed by atoms with E-state index in [1.165, 1.54) is 0 Å². The number of aliphatic imine (C=N–C) groups is 1. The zero-order valence-electron chi connectivity index (χ0n) is 12.2. The summed E-state index contributed by atoms with van der Waals surface area (Å²) in [5.41, 5.74) is 0.643. The third kappa shape index (κ3) is 4.99. The molecule has 1 fully saturated rings. The molecule has 1 atom stereocenters. The molecule has 2 amide bonds. The monoisotopic (exact) mass is 337 g/mol. The molecule has 3 N–H and O–H groups in total. The maximum Gasteiger partial charge on any atom is 0.322 e. The zero-order chi connectivity index (χ0) is 16.8. The number of hydrogen-bond donors (Lipinski definition) is 3. The van der Waals surface area contributed by atoms with Gasteiger partial charge in [0.15, 0.2) is 5.17 Å². The lowest BCUT2D eigenvalue weighted by molar-refractivity contribution is -0.137. The molecule has 9 heteroatoms. The van der Waals surface area contributed by atoms with Gasteiger partial charge in [0, 0.05) is 6.42 Å². The number of rotatable bonds is 6. The summed E-state index contributed by atoms with van der Waals surface area (Å²) in [4.78, 5) is 38.0. The number of amides is 2. The van der Waals surface area contributed by atoms with Crippen LogP contribution in [0.4, 0.5) is 5.69 Å². The number of hydrogen-bond acceptors (Lipinski definition) is 6. The summed E-state index contributed by atoms with van der Waals surface area (Å²) < 4.78 is 5.05. The van der Waals surface area contributed by atoms with Crippen molar-refractivity contribution in [2.24, 2.45) is 4.99 Å². The minimum atomic E-state index is -1.14. The number of amidine groups is 1. The molecule has 0 bridgehead atoms. The van der Waals surface area contributed by atoms with Crippen LogP contribution in [-0.2, 0) is 14.4 Å². The second kappa shape index (κ2) is 7.63. The minimum Gasteiger partial charge on any atom is -0.497 e. The van der Waals surface area contributed by atoms with Crippen molar-refractivity contribution in [3.8, 4) is 5.75 Å². The van der Waals surface area contributed by atoms with Crippen LogP contribution in [0.15, 0.2) is 29.3 Å². The Morgan fingerprint density at radius 2 is 2.09 bits per heavy atom. The van der Waals surface area contributed by atoms with Crippen LogP contribution < -0.4 is 15.4 Å². The van der Waals surface area contributed by atoms with E-state index in [9.17, 15) is 14.4 Å².